The lowest BCUT2D eigenvalue weighted by molar-refractivity contribution is -0.124. The number of para-hydroxylation sites is 1. The van der Waals surface area contributed by atoms with Gasteiger partial charge < -0.3 is 10.2 Å². The van der Waals surface area contributed by atoms with E-state index in [4.69, 9.17) is 4.99 Å². The van der Waals surface area contributed by atoms with Gasteiger partial charge in [-0.2, -0.15) is 0 Å². The first-order valence-electron chi connectivity index (χ1n) is 11.8. The van der Waals surface area contributed by atoms with E-state index < -0.39 is 0 Å². The summed E-state index contributed by atoms with van der Waals surface area (Å²) >= 11 is 3.17. The standard InChI is InChI=1S/C26H28N4O2S2/c1-3-29-21-11-7-8-12-22(21)33-25(29)23-24(32)30(20-9-5-4-6-10-20)26(34-23)28-19-15-13-18(14-16-19)27-17(2)31/h7-8,11-16,20H,3-6,9-10H2,1-2H3,(H,27,31)/b25-23-,28-26?. The Labute approximate surface area is 208 Å². The minimum atomic E-state index is -0.105. The number of benzene rings is 2. The summed E-state index contributed by atoms with van der Waals surface area (Å²) in [5.74, 6) is -0.0365. The third-order valence-electron chi connectivity index (χ3n) is 6.28. The zero-order chi connectivity index (χ0) is 23.7. The molecule has 0 aromatic heterocycles. The summed E-state index contributed by atoms with van der Waals surface area (Å²) in [6.45, 7) is 4.42. The Morgan fingerprint density at radius 2 is 1.79 bits per heavy atom. The fraction of sp³-hybridized carbons (Fsp3) is 0.346. The maximum absolute atomic E-state index is 13.9. The number of carbonyl (C=O) groups is 2. The summed E-state index contributed by atoms with van der Waals surface area (Å²) < 4.78 is 0. The van der Waals surface area contributed by atoms with E-state index >= 15 is 0 Å². The minimum absolute atomic E-state index is 0.0688. The van der Waals surface area contributed by atoms with Crippen LogP contribution in [-0.2, 0) is 9.59 Å². The molecule has 2 aliphatic heterocycles. The van der Waals surface area contributed by atoms with Crippen LogP contribution in [0.1, 0.15) is 46.0 Å². The molecule has 1 N–H and O–H groups in total. The van der Waals surface area contributed by atoms with Crippen molar-refractivity contribution in [3.63, 3.8) is 0 Å². The predicted octanol–water partition coefficient (Wildman–Crippen LogP) is 6.34. The van der Waals surface area contributed by atoms with Gasteiger partial charge in [-0.3, -0.25) is 14.5 Å². The highest BCUT2D eigenvalue weighted by molar-refractivity contribution is 8.19. The van der Waals surface area contributed by atoms with Crippen molar-refractivity contribution in [2.75, 3.05) is 16.8 Å². The maximum Gasteiger partial charge on any atom is 0.269 e. The number of hydrogen-bond donors (Lipinski definition) is 1. The summed E-state index contributed by atoms with van der Waals surface area (Å²) in [6.07, 6.45) is 5.54. The van der Waals surface area contributed by atoms with Gasteiger partial charge in [0, 0.05) is 30.1 Å². The van der Waals surface area contributed by atoms with Gasteiger partial charge in [0.25, 0.3) is 5.91 Å². The Bertz CT molecular complexity index is 1170. The molecule has 1 saturated heterocycles. The first-order valence-corrected chi connectivity index (χ1v) is 13.4. The Morgan fingerprint density at radius 3 is 2.50 bits per heavy atom. The Morgan fingerprint density at radius 1 is 1.06 bits per heavy atom. The van der Waals surface area contributed by atoms with Gasteiger partial charge in [-0.05, 0) is 67.9 Å². The number of fused-ring (bicyclic) bond motifs is 1. The molecule has 176 valence electrons. The van der Waals surface area contributed by atoms with E-state index in [2.05, 4.69) is 29.3 Å². The van der Waals surface area contributed by atoms with Crippen LogP contribution >= 0.6 is 23.5 Å². The lowest BCUT2D eigenvalue weighted by Gasteiger charge is -2.30. The van der Waals surface area contributed by atoms with Gasteiger partial charge in [0.1, 0.15) is 9.93 Å². The molecule has 34 heavy (non-hydrogen) atoms. The van der Waals surface area contributed by atoms with Crippen molar-refractivity contribution in [3.8, 4) is 0 Å². The molecule has 8 heteroatoms. The number of hydrogen-bond acceptors (Lipinski definition) is 6. The number of nitrogens with one attached hydrogen (secondary N) is 1. The van der Waals surface area contributed by atoms with Crippen molar-refractivity contribution in [2.24, 2.45) is 4.99 Å². The highest BCUT2D eigenvalue weighted by Crippen LogP contribution is 2.51. The highest BCUT2D eigenvalue weighted by Gasteiger charge is 2.42. The summed E-state index contributed by atoms with van der Waals surface area (Å²) in [5.41, 5.74) is 2.66. The minimum Gasteiger partial charge on any atom is -0.334 e. The molecule has 0 unspecified atom stereocenters. The molecule has 2 heterocycles. The van der Waals surface area contributed by atoms with Crippen LogP contribution in [0.5, 0.6) is 0 Å². The molecule has 2 fully saturated rings. The number of thioether (sulfide) groups is 2. The van der Waals surface area contributed by atoms with Crippen molar-refractivity contribution in [1.82, 2.24) is 4.90 Å². The van der Waals surface area contributed by atoms with Crippen molar-refractivity contribution in [1.29, 1.82) is 0 Å². The molecule has 2 amide bonds. The quantitative estimate of drug-likeness (QED) is 0.505. The van der Waals surface area contributed by atoms with E-state index in [1.807, 2.05) is 41.3 Å². The Balaban J connectivity index is 1.52. The van der Waals surface area contributed by atoms with E-state index in [1.54, 1.807) is 11.8 Å². The summed E-state index contributed by atoms with van der Waals surface area (Å²) in [4.78, 5) is 36.2. The largest absolute Gasteiger partial charge is 0.334 e. The average Bonchev–Trinajstić information content (AvgIpc) is 3.37. The normalized spacial score (nSPS) is 21.9. The van der Waals surface area contributed by atoms with Crippen LogP contribution in [0.4, 0.5) is 17.1 Å². The molecular formula is C26H28N4O2S2. The molecule has 0 spiro atoms. The number of amides is 2. The van der Waals surface area contributed by atoms with Gasteiger partial charge in [-0.25, -0.2) is 4.99 Å². The van der Waals surface area contributed by atoms with Gasteiger partial charge in [0.05, 0.1) is 11.4 Å². The SMILES string of the molecule is CCN1/C(=C2/SC(=Nc3ccc(NC(C)=O)cc3)N(C3CCCCC3)C2=O)Sc2ccccc21. The lowest BCUT2D eigenvalue weighted by Crippen LogP contribution is -2.40. The molecule has 1 aliphatic carbocycles. The zero-order valence-electron chi connectivity index (χ0n) is 19.4. The molecule has 5 rings (SSSR count). The van der Waals surface area contributed by atoms with Crippen LogP contribution < -0.4 is 10.2 Å². The lowest BCUT2D eigenvalue weighted by atomic mass is 9.94. The molecular weight excluding hydrogens is 464 g/mol. The molecule has 0 atom stereocenters. The van der Waals surface area contributed by atoms with E-state index in [0.29, 0.717) is 0 Å². The van der Waals surface area contributed by atoms with Crippen LogP contribution in [0.25, 0.3) is 0 Å². The Hall–Kier alpha value is -2.71. The van der Waals surface area contributed by atoms with Crippen LogP contribution in [0.3, 0.4) is 0 Å². The molecule has 6 nitrogen and oxygen atoms in total. The van der Waals surface area contributed by atoms with E-state index in [-0.39, 0.29) is 17.9 Å². The van der Waals surface area contributed by atoms with Crippen molar-refractivity contribution in [3.05, 3.63) is 58.5 Å². The highest BCUT2D eigenvalue weighted by atomic mass is 32.2. The van der Waals surface area contributed by atoms with Crippen LogP contribution in [-0.4, -0.2) is 34.5 Å². The number of rotatable bonds is 4. The second-order valence-corrected chi connectivity index (χ2v) is 10.6. The van der Waals surface area contributed by atoms with E-state index in [9.17, 15) is 9.59 Å². The third kappa shape index (κ3) is 4.49. The van der Waals surface area contributed by atoms with Crippen molar-refractivity contribution < 1.29 is 9.59 Å². The average molecular weight is 493 g/mol. The number of carbonyl (C=O) groups excluding carboxylic acids is 2. The van der Waals surface area contributed by atoms with Gasteiger partial charge in [-0.1, -0.05) is 43.2 Å². The number of amidine groups is 1. The third-order valence-corrected chi connectivity index (χ3v) is 8.64. The monoisotopic (exact) mass is 492 g/mol. The molecule has 2 aromatic rings. The fourth-order valence-corrected chi connectivity index (χ4v) is 7.16. The second-order valence-electron chi connectivity index (χ2n) is 8.64. The van der Waals surface area contributed by atoms with Crippen molar-refractivity contribution in [2.45, 2.75) is 56.9 Å². The summed E-state index contributed by atoms with van der Waals surface area (Å²) in [5, 5.41) is 4.54. The number of anilines is 2. The first-order chi connectivity index (χ1) is 16.5. The van der Waals surface area contributed by atoms with Crippen LogP contribution in [0, 0.1) is 0 Å². The summed E-state index contributed by atoms with van der Waals surface area (Å²) in [6, 6.07) is 16.0. The van der Waals surface area contributed by atoms with Crippen LogP contribution in [0.2, 0.25) is 0 Å². The summed E-state index contributed by atoms with van der Waals surface area (Å²) in [7, 11) is 0. The van der Waals surface area contributed by atoms with E-state index in [0.717, 1.165) is 64.4 Å². The van der Waals surface area contributed by atoms with Gasteiger partial charge in [-0.15, -0.1) is 0 Å². The second kappa shape index (κ2) is 9.88. The topological polar surface area (TPSA) is 65.0 Å². The van der Waals surface area contributed by atoms with Gasteiger partial charge in [0.15, 0.2) is 5.17 Å². The molecule has 3 aliphatic rings. The van der Waals surface area contributed by atoms with Gasteiger partial charge >= 0.3 is 0 Å². The number of nitrogens with zero attached hydrogens (tertiary/aromatic N) is 3. The Kier molecular flexibility index (Phi) is 6.70. The smallest absolute Gasteiger partial charge is 0.269 e. The maximum atomic E-state index is 13.9. The first kappa shape index (κ1) is 23.1. The molecule has 2 aromatic carbocycles. The molecule has 0 radical (unpaired) electrons. The van der Waals surface area contributed by atoms with E-state index in [1.165, 1.54) is 30.0 Å². The zero-order valence-corrected chi connectivity index (χ0v) is 21.0. The van der Waals surface area contributed by atoms with Crippen LogP contribution in [0.15, 0.2) is 68.4 Å². The predicted molar refractivity (Wildman–Crippen MR) is 141 cm³/mol. The molecule has 0 bridgehead atoms. The van der Waals surface area contributed by atoms with Gasteiger partial charge in [0.2, 0.25) is 5.91 Å². The number of aliphatic imine (C=N–C) groups is 1. The molecule has 1 saturated carbocycles. The fourth-order valence-electron chi connectivity index (χ4n) is 4.70. The van der Waals surface area contributed by atoms with Crippen molar-refractivity contribution >= 4 is 57.6 Å².